The van der Waals surface area contributed by atoms with Crippen LogP contribution < -0.4 is 9.62 Å². The van der Waals surface area contributed by atoms with Crippen LogP contribution in [0.25, 0.3) is 0 Å². The summed E-state index contributed by atoms with van der Waals surface area (Å²) in [5.41, 5.74) is 2.20. The van der Waals surface area contributed by atoms with E-state index in [0.717, 1.165) is 18.2 Å². The standard InChI is InChI=1S/C26H35Cl2N3O4S/c1-6-20-12-14-21(15-13-20)31(36(5,34)35)16-8-11-25(32)30(19(4)26(33)29-18(2)3)17-22-23(27)9-7-10-24(22)28/h7,9-10,12-15,18-19H,6,8,11,16-17H2,1-5H3,(H,29,33). The van der Waals surface area contributed by atoms with Crippen LogP contribution in [0.4, 0.5) is 5.69 Å². The molecule has 2 rings (SSSR count). The van der Waals surface area contributed by atoms with Crippen LogP contribution in [0.1, 0.15) is 51.7 Å². The number of rotatable bonds is 12. The highest BCUT2D eigenvalue weighted by molar-refractivity contribution is 7.92. The number of aryl methyl sites for hydroxylation is 1. The van der Waals surface area contributed by atoms with Crippen LogP contribution in [0.3, 0.4) is 0 Å². The van der Waals surface area contributed by atoms with E-state index in [9.17, 15) is 18.0 Å². The minimum Gasteiger partial charge on any atom is -0.352 e. The normalized spacial score (nSPS) is 12.3. The third-order valence-electron chi connectivity index (χ3n) is 5.77. The lowest BCUT2D eigenvalue weighted by Crippen LogP contribution is -2.49. The monoisotopic (exact) mass is 555 g/mol. The van der Waals surface area contributed by atoms with Crippen molar-refractivity contribution in [3.63, 3.8) is 0 Å². The van der Waals surface area contributed by atoms with Crippen molar-refractivity contribution in [3.8, 4) is 0 Å². The summed E-state index contributed by atoms with van der Waals surface area (Å²) >= 11 is 12.7. The molecule has 0 aliphatic rings. The number of carbonyl (C=O) groups excluding carboxylic acids is 2. The van der Waals surface area contributed by atoms with Gasteiger partial charge in [-0.2, -0.15) is 0 Å². The fraction of sp³-hybridized carbons (Fsp3) is 0.462. The van der Waals surface area contributed by atoms with Gasteiger partial charge in [0.2, 0.25) is 21.8 Å². The van der Waals surface area contributed by atoms with Gasteiger partial charge < -0.3 is 10.2 Å². The van der Waals surface area contributed by atoms with Crippen molar-refractivity contribution in [1.29, 1.82) is 0 Å². The predicted molar refractivity (Wildman–Crippen MR) is 147 cm³/mol. The van der Waals surface area contributed by atoms with Gasteiger partial charge in [0.05, 0.1) is 11.9 Å². The number of anilines is 1. The number of hydrogen-bond donors (Lipinski definition) is 1. The van der Waals surface area contributed by atoms with E-state index in [4.69, 9.17) is 23.2 Å². The first-order valence-corrected chi connectivity index (χ1v) is 14.5. The molecule has 1 atom stereocenters. The lowest BCUT2D eigenvalue weighted by Gasteiger charge is -2.30. The Bertz CT molecular complexity index is 1130. The molecule has 0 radical (unpaired) electrons. The van der Waals surface area contributed by atoms with Crippen molar-refractivity contribution in [1.82, 2.24) is 10.2 Å². The maximum absolute atomic E-state index is 13.3. The molecule has 0 aromatic heterocycles. The molecule has 36 heavy (non-hydrogen) atoms. The van der Waals surface area contributed by atoms with Crippen LogP contribution in [-0.2, 0) is 32.6 Å². The molecular weight excluding hydrogens is 521 g/mol. The zero-order valence-corrected chi connectivity index (χ0v) is 23.8. The summed E-state index contributed by atoms with van der Waals surface area (Å²) in [4.78, 5) is 27.5. The van der Waals surface area contributed by atoms with Crippen LogP contribution in [0.15, 0.2) is 42.5 Å². The molecular formula is C26H35Cl2N3O4S. The molecule has 2 amide bonds. The Morgan fingerprint density at radius 2 is 1.58 bits per heavy atom. The number of halogens is 2. The summed E-state index contributed by atoms with van der Waals surface area (Å²) < 4.78 is 26.2. The van der Waals surface area contributed by atoms with E-state index in [1.807, 2.05) is 32.9 Å². The molecule has 0 fully saturated rings. The summed E-state index contributed by atoms with van der Waals surface area (Å²) in [5.74, 6) is -0.595. The molecule has 2 aromatic rings. The van der Waals surface area contributed by atoms with E-state index in [1.54, 1.807) is 37.3 Å². The highest BCUT2D eigenvalue weighted by Gasteiger charge is 2.28. The first kappa shape index (κ1) is 29.9. The second-order valence-electron chi connectivity index (χ2n) is 9.02. The van der Waals surface area contributed by atoms with Crippen molar-refractivity contribution in [2.75, 3.05) is 17.1 Å². The van der Waals surface area contributed by atoms with Gasteiger partial charge in [-0.3, -0.25) is 13.9 Å². The van der Waals surface area contributed by atoms with Crippen molar-refractivity contribution in [2.24, 2.45) is 0 Å². The fourth-order valence-electron chi connectivity index (χ4n) is 3.74. The van der Waals surface area contributed by atoms with Crippen LogP contribution in [0.2, 0.25) is 10.0 Å². The third kappa shape index (κ3) is 8.39. The maximum atomic E-state index is 13.3. The molecule has 0 saturated heterocycles. The SMILES string of the molecule is CCc1ccc(N(CCCC(=O)N(Cc2c(Cl)cccc2Cl)C(C)C(=O)NC(C)C)S(C)(=O)=O)cc1. The van der Waals surface area contributed by atoms with Crippen LogP contribution >= 0.6 is 23.2 Å². The van der Waals surface area contributed by atoms with Crippen molar-refractivity contribution in [3.05, 3.63) is 63.6 Å². The maximum Gasteiger partial charge on any atom is 0.242 e. The van der Waals surface area contributed by atoms with Crippen LogP contribution in [0.5, 0.6) is 0 Å². The minimum absolute atomic E-state index is 0.0421. The molecule has 0 aliphatic heterocycles. The largest absolute Gasteiger partial charge is 0.352 e. The number of sulfonamides is 1. The Morgan fingerprint density at radius 3 is 2.08 bits per heavy atom. The lowest BCUT2D eigenvalue weighted by molar-refractivity contribution is -0.140. The first-order chi connectivity index (χ1) is 16.8. The minimum atomic E-state index is -3.55. The summed E-state index contributed by atoms with van der Waals surface area (Å²) in [7, 11) is -3.55. The average Bonchev–Trinajstić information content (AvgIpc) is 2.80. The summed E-state index contributed by atoms with van der Waals surface area (Å²) in [6, 6.07) is 11.5. The van der Waals surface area contributed by atoms with Gasteiger partial charge >= 0.3 is 0 Å². The topological polar surface area (TPSA) is 86.8 Å². The van der Waals surface area contributed by atoms with Gasteiger partial charge in [-0.05, 0) is 63.4 Å². The molecule has 0 heterocycles. The summed E-state index contributed by atoms with van der Waals surface area (Å²) in [5, 5.41) is 3.63. The van der Waals surface area contributed by atoms with Gasteiger partial charge in [0, 0.05) is 41.2 Å². The van der Waals surface area contributed by atoms with E-state index in [0.29, 0.717) is 21.3 Å². The smallest absolute Gasteiger partial charge is 0.242 e. The quantitative estimate of drug-likeness (QED) is 0.397. The predicted octanol–water partition coefficient (Wildman–Crippen LogP) is 5.04. The fourth-order valence-corrected chi connectivity index (χ4v) is 5.23. The van der Waals surface area contributed by atoms with Crippen molar-refractivity contribution in [2.45, 2.75) is 65.6 Å². The average molecular weight is 557 g/mol. The summed E-state index contributed by atoms with van der Waals surface area (Å²) in [6.45, 7) is 7.54. The zero-order valence-electron chi connectivity index (χ0n) is 21.4. The number of benzene rings is 2. The number of hydrogen-bond acceptors (Lipinski definition) is 4. The third-order valence-corrected chi connectivity index (χ3v) is 7.68. The Balaban J connectivity index is 2.21. The highest BCUT2D eigenvalue weighted by atomic mass is 35.5. The molecule has 1 unspecified atom stereocenters. The van der Waals surface area contributed by atoms with Gasteiger partial charge in [0.15, 0.2) is 0 Å². The number of nitrogens with one attached hydrogen (secondary N) is 1. The molecule has 1 N–H and O–H groups in total. The molecule has 0 aliphatic carbocycles. The van der Waals surface area contributed by atoms with Crippen molar-refractivity contribution >= 4 is 50.7 Å². The Labute approximate surface area is 224 Å². The zero-order chi connectivity index (χ0) is 27.0. The summed E-state index contributed by atoms with van der Waals surface area (Å²) in [6.07, 6.45) is 2.31. The number of carbonyl (C=O) groups is 2. The Hall–Kier alpha value is -2.29. The Kier molecular flexibility index (Phi) is 11.1. The Morgan fingerprint density at radius 1 is 1.00 bits per heavy atom. The first-order valence-electron chi connectivity index (χ1n) is 11.9. The van der Waals surface area contributed by atoms with Gasteiger partial charge in [0.25, 0.3) is 0 Å². The van der Waals surface area contributed by atoms with Gasteiger partial charge in [-0.25, -0.2) is 8.42 Å². The van der Waals surface area contributed by atoms with E-state index in [2.05, 4.69) is 5.32 Å². The molecule has 198 valence electrons. The van der Waals surface area contributed by atoms with E-state index >= 15 is 0 Å². The number of amides is 2. The van der Waals surface area contributed by atoms with E-state index in [1.165, 1.54) is 9.21 Å². The van der Waals surface area contributed by atoms with Crippen LogP contribution in [-0.4, -0.2) is 50.0 Å². The van der Waals surface area contributed by atoms with Gasteiger partial charge in [-0.15, -0.1) is 0 Å². The molecule has 0 spiro atoms. The molecule has 7 nitrogen and oxygen atoms in total. The lowest BCUT2D eigenvalue weighted by atomic mass is 10.1. The molecule has 0 saturated carbocycles. The molecule has 2 aromatic carbocycles. The highest BCUT2D eigenvalue weighted by Crippen LogP contribution is 2.27. The van der Waals surface area contributed by atoms with E-state index in [-0.39, 0.29) is 43.8 Å². The number of nitrogens with zero attached hydrogens (tertiary/aromatic N) is 2. The molecule has 0 bridgehead atoms. The van der Waals surface area contributed by atoms with Crippen molar-refractivity contribution < 1.29 is 18.0 Å². The second-order valence-corrected chi connectivity index (χ2v) is 11.7. The second kappa shape index (κ2) is 13.3. The van der Waals surface area contributed by atoms with Gasteiger partial charge in [0.1, 0.15) is 6.04 Å². The van der Waals surface area contributed by atoms with Crippen LogP contribution in [0, 0.1) is 0 Å². The van der Waals surface area contributed by atoms with Gasteiger partial charge in [-0.1, -0.05) is 48.3 Å². The molecule has 10 heteroatoms. The van der Waals surface area contributed by atoms with E-state index < -0.39 is 16.1 Å².